The van der Waals surface area contributed by atoms with E-state index in [1.54, 1.807) is 31.2 Å². The van der Waals surface area contributed by atoms with E-state index in [9.17, 15) is 13.2 Å². The molecule has 2 rings (SSSR count). The lowest BCUT2D eigenvalue weighted by Crippen LogP contribution is -2.47. The van der Waals surface area contributed by atoms with Crippen LogP contribution in [0.4, 0.5) is 11.4 Å². The molecule has 2 aromatic rings. The number of ether oxygens (including phenoxy) is 1. The van der Waals surface area contributed by atoms with E-state index in [1.165, 1.54) is 7.11 Å². The van der Waals surface area contributed by atoms with Crippen molar-refractivity contribution in [3.05, 3.63) is 53.6 Å². The number of amides is 1. The van der Waals surface area contributed by atoms with Crippen molar-refractivity contribution in [2.75, 3.05) is 23.0 Å². The molecule has 1 atom stereocenters. The monoisotopic (exact) mass is 390 g/mol. The maximum atomic E-state index is 12.9. The number of rotatable bonds is 7. The van der Waals surface area contributed by atoms with Gasteiger partial charge in [0.2, 0.25) is 15.9 Å². The van der Waals surface area contributed by atoms with Crippen LogP contribution in [0.1, 0.15) is 24.5 Å². The molecule has 0 aromatic heterocycles. The van der Waals surface area contributed by atoms with Crippen LogP contribution in [0.2, 0.25) is 0 Å². The molecule has 146 valence electrons. The van der Waals surface area contributed by atoms with Gasteiger partial charge in [0.05, 0.1) is 19.1 Å². The third-order valence-corrected chi connectivity index (χ3v) is 5.46. The minimum atomic E-state index is -3.69. The van der Waals surface area contributed by atoms with E-state index in [-0.39, 0.29) is 5.91 Å². The minimum absolute atomic E-state index is 0.320. The van der Waals surface area contributed by atoms with Crippen LogP contribution in [0.5, 0.6) is 5.75 Å². The second kappa shape index (κ2) is 8.43. The number of nitrogens with one attached hydrogen (secondary N) is 1. The summed E-state index contributed by atoms with van der Waals surface area (Å²) in [5.41, 5.74) is 3.07. The molecule has 0 radical (unpaired) electrons. The van der Waals surface area contributed by atoms with Crippen LogP contribution >= 0.6 is 0 Å². The molecule has 0 aliphatic carbocycles. The summed E-state index contributed by atoms with van der Waals surface area (Å²) in [5.74, 6) is 0.142. The molecule has 0 aliphatic rings. The number of hydrogen-bond donors (Lipinski definition) is 1. The van der Waals surface area contributed by atoms with Crippen LogP contribution in [0.15, 0.2) is 42.5 Å². The van der Waals surface area contributed by atoms with Gasteiger partial charge in [-0.15, -0.1) is 0 Å². The van der Waals surface area contributed by atoms with Crippen molar-refractivity contribution in [1.82, 2.24) is 0 Å². The fourth-order valence-corrected chi connectivity index (χ4v) is 4.18. The predicted octanol–water partition coefficient (Wildman–Crippen LogP) is 3.50. The Morgan fingerprint density at radius 3 is 2.44 bits per heavy atom. The van der Waals surface area contributed by atoms with Crippen molar-refractivity contribution in [3.63, 3.8) is 0 Å². The first-order valence-electron chi connectivity index (χ1n) is 8.69. The predicted molar refractivity (Wildman–Crippen MR) is 109 cm³/mol. The van der Waals surface area contributed by atoms with Crippen molar-refractivity contribution >= 4 is 27.3 Å². The van der Waals surface area contributed by atoms with Gasteiger partial charge >= 0.3 is 0 Å². The lowest BCUT2D eigenvalue weighted by atomic mass is 10.1. The van der Waals surface area contributed by atoms with E-state index in [1.807, 2.05) is 32.0 Å². The zero-order valence-electron chi connectivity index (χ0n) is 16.3. The molecule has 6 nitrogen and oxygen atoms in total. The van der Waals surface area contributed by atoms with E-state index < -0.39 is 16.1 Å². The van der Waals surface area contributed by atoms with Gasteiger partial charge in [-0.25, -0.2) is 8.42 Å². The molecule has 0 saturated heterocycles. The van der Waals surface area contributed by atoms with Crippen LogP contribution in [0, 0.1) is 13.8 Å². The van der Waals surface area contributed by atoms with Gasteiger partial charge in [0.1, 0.15) is 11.8 Å². The van der Waals surface area contributed by atoms with Gasteiger partial charge in [0, 0.05) is 11.8 Å². The van der Waals surface area contributed by atoms with Gasteiger partial charge in [0.25, 0.3) is 0 Å². The second-order valence-electron chi connectivity index (χ2n) is 6.49. The van der Waals surface area contributed by atoms with Crippen LogP contribution in [0.25, 0.3) is 0 Å². The van der Waals surface area contributed by atoms with Crippen molar-refractivity contribution in [2.45, 2.75) is 33.2 Å². The Bertz CT molecular complexity index is 925. The molecule has 0 bridgehead atoms. The Kier molecular flexibility index (Phi) is 6.49. The summed E-state index contributed by atoms with van der Waals surface area (Å²) in [6, 6.07) is 11.5. The maximum Gasteiger partial charge on any atom is 0.248 e. The summed E-state index contributed by atoms with van der Waals surface area (Å²) in [6.45, 7) is 5.66. The number of hydrogen-bond acceptors (Lipinski definition) is 4. The third kappa shape index (κ3) is 5.01. The maximum absolute atomic E-state index is 12.9. The second-order valence-corrected chi connectivity index (χ2v) is 8.35. The smallest absolute Gasteiger partial charge is 0.248 e. The van der Waals surface area contributed by atoms with Crippen molar-refractivity contribution < 1.29 is 17.9 Å². The lowest BCUT2D eigenvalue weighted by Gasteiger charge is -2.30. The topological polar surface area (TPSA) is 75.7 Å². The molecule has 1 amide bonds. The molecule has 0 fully saturated rings. The van der Waals surface area contributed by atoms with Crippen LogP contribution in [0.3, 0.4) is 0 Å². The van der Waals surface area contributed by atoms with E-state index in [4.69, 9.17) is 4.74 Å². The number of benzene rings is 2. The van der Waals surface area contributed by atoms with Gasteiger partial charge in [-0.3, -0.25) is 9.10 Å². The molecule has 27 heavy (non-hydrogen) atoms. The fourth-order valence-electron chi connectivity index (χ4n) is 2.98. The Morgan fingerprint density at radius 2 is 1.89 bits per heavy atom. The highest BCUT2D eigenvalue weighted by molar-refractivity contribution is 7.92. The van der Waals surface area contributed by atoms with Crippen LogP contribution < -0.4 is 14.4 Å². The molecule has 0 aliphatic heterocycles. The fraction of sp³-hybridized carbons (Fsp3) is 0.350. The van der Waals surface area contributed by atoms with Crippen molar-refractivity contribution in [3.8, 4) is 5.75 Å². The molecule has 0 heterocycles. The summed E-state index contributed by atoms with van der Waals surface area (Å²) in [7, 11) is -2.18. The highest BCUT2D eigenvalue weighted by Gasteiger charge is 2.32. The van der Waals surface area contributed by atoms with Gasteiger partial charge in [-0.1, -0.05) is 30.7 Å². The van der Waals surface area contributed by atoms with E-state index >= 15 is 0 Å². The van der Waals surface area contributed by atoms with Crippen LogP contribution in [-0.2, 0) is 14.8 Å². The highest BCUT2D eigenvalue weighted by Crippen LogP contribution is 2.27. The molecule has 1 unspecified atom stereocenters. The molecule has 2 aromatic carbocycles. The number of sulfonamides is 1. The third-order valence-electron chi connectivity index (χ3n) is 4.28. The van der Waals surface area contributed by atoms with E-state index in [0.29, 0.717) is 23.5 Å². The number of carbonyl (C=O) groups excluding carboxylic acids is 1. The first-order valence-corrected chi connectivity index (χ1v) is 10.5. The molecular formula is C20H26N2O4S. The molecule has 0 saturated carbocycles. The average molecular weight is 391 g/mol. The Balaban J connectivity index is 2.41. The Hall–Kier alpha value is -2.54. The first-order chi connectivity index (χ1) is 12.7. The number of methoxy groups -OCH3 is 1. The zero-order valence-corrected chi connectivity index (χ0v) is 17.1. The summed E-state index contributed by atoms with van der Waals surface area (Å²) in [6.07, 6.45) is 1.42. The molecule has 7 heteroatoms. The number of aryl methyl sites for hydroxylation is 2. The molecule has 0 spiro atoms. The minimum Gasteiger partial charge on any atom is -0.497 e. The van der Waals surface area contributed by atoms with Gasteiger partial charge in [-0.05, 0) is 44.0 Å². The summed E-state index contributed by atoms with van der Waals surface area (Å²) >= 11 is 0. The molecule has 1 N–H and O–H groups in total. The zero-order chi connectivity index (χ0) is 20.2. The van der Waals surface area contributed by atoms with Gasteiger partial charge < -0.3 is 10.1 Å². The van der Waals surface area contributed by atoms with Gasteiger partial charge in [0.15, 0.2) is 0 Å². The largest absolute Gasteiger partial charge is 0.497 e. The lowest BCUT2D eigenvalue weighted by molar-refractivity contribution is -0.117. The van der Waals surface area contributed by atoms with Gasteiger partial charge in [-0.2, -0.15) is 0 Å². The normalized spacial score (nSPS) is 12.3. The average Bonchev–Trinajstić information content (AvgIpc) is 2.60. The van der Waals surface area contributed by atoms with E-state index in [0.717, 1.165) is 21.7 Å². The SMILES string of the molecule is CCC(C(=O)Nc1ccc(C)cc1C)N(c1cccc(OC)c1)S(C)(=O)=O. The van der Waals surface area contributed by atoms with Crippen molar-refractivity contribution in [1.29, 1.82) is 0 Å². The number of nitrogens with zero attached hydrogens (tertiary/aromatic N) is 1. The summed E-state index contributed by atoms with van der Waals surface area (Å²) in [5, 5.41) is 2.86. The van der Waals surface area contributed by atoms with Crippen LogP contribution in [-0.4, -0.2) is 33.7 Å². The first kappa shape index (κ1) is 20.8. The quantitative estimate of drug-likeness (QED) is 0.785. The summed E-state index contributed by atoms with van der Waals surface area (Å²) < 4.78 is 31.4. The highest BCUT2D eigenvalue weighted by atomic mass is 32.2. The van der Waals surface area contributed by atoms with E-state index in [2.05, 4.69) is 5.32 Å². The standard InChI is InChI=1S/C20H26N2O4S/c1-6-19(20(23)21-18-11-10-14(2)12-15(18)3)22(27(5,24)25)16-8-7-9-17(13-16)26-4/h7-13,19H,6H2,1-5H3,(H,21,23). The number of carbonyl (C=O) groups is 1. The Labute approximate surface area is 161 Å². The number of anilines is 2. The molecular weight excluding hydrogens is 364 g/mol. The van der Waals surface area contributed by atoms with Crippen molar-refractivity contribution in [2.24, 2.45) is 0 Å². The summed E-state index contributed by atoms with van der Waals surface area (Å²) in [4.78, 5) is 12.9. The Morgan fingerprint density at radius 1 is 1.19 bits per heavy atom.